The molecule has 2 amide bonds. The van der Waals surface area contributed by atoms with Crippen LogP contribution in [0.1, 0.15) is 25.7 Å². The van der Waals surface area contributed by atoms with Crippen LogP contribution < -0.4 is 5.32 Å². The zero-order valence-corrected chi connectivity index (χ0v) is 13.8. The summed E-state index contributed by atoms with van der Waals surface area (Å²) < 4.78 is 30.2. The molecule has 1 saturated carbocycles. The van der Waals surface area contributed by atoms with Crippen LogP contribution in [-0.4, -0.2) is 50.9 Å². The van der Waals surface area contributed by atoms with Crippen molar-refractivity contribution in [2.45, 2.75) is 35.8 Å². The molecule has 7 heteroatoms. The van der Waals surface area contributed by atoms with Gasteiger partial charge < -0.3 is 15.0 Å². The van der Waals surface area contributed by atoms with Gasteiger partial charge in [-0.15, -0.1) is 0 Å². The van der Waals surface area contributed by atoms with Crippen molar-refractivity contribution >= 4 is 21.6 Å². The van der Waals surface area contributed by atoms with Crippen LogP contribution in [0, 0.1) is 0 Å². The van der Waals surface area contributed by atoms with E-state index in [2.05, 4.69) is 5.32 Å². The maximum Gasteiger partial charge on any atom is 0.321 e. The molecule has 1 aromatic carbocycles. The van der Waals surface area contributed by atoms with Crippen LogP contribution in [0.25, 0.3) is 0 Å². The van der Waals surface area contributed by atoms with E-state index < -0.39 is 9.84 Å². The molecule has 1 aliphatic heterocycles. The van der Waals surface area contributed by atoms with Crippen molar-refractivity contribution < 1.29 is 17.9 Å². The summed E-state index contributed by atoms with van der Waals surface area (Å²) in [6.45, 7) is 2.23. The van der Waals surface area contributed by atoms with Gasteiger partial charge >= 0.3 is 6.03 Å². The highest BCUT2D eigenvalue weighted by atomic mass is 32.2. The van der Waals surface area contributed by atoms with Gasteiger partial charge in [0.2, 0.25) is 0 Å². The SMILES string of the molecule is O=C(Nc1ccc(S(=O)(=O)C2CCCC2)cc1)N1CCOCC1. The summed E-state index contributed by atoms with van der Waals surface area (Å²) >= 11 is 0. The summed E-state index contributed by atoms with van der Waals surface area (Å²) in [6, 6.07) is 6.30. The van der Waals surface area contributed by atoms with Crippen molar-refractivity contribution in [3.8, 4) is 0 Å². The van der Waals surface area contributed by atoms with Gasteiger partial charge in [-0.2, -0.15) is 0 Å². The van der Waals surface area contributed by atoms with Crippen LogP contribution in [0.3, 0.4) is 0 Å². The Morgan fingerprint density at radius 2 is 1.70 bits per heavy atom. The number of anilines is 1. The number of benzene rings is 1. The highest BCUT2D eigenvalue weighted by Crippen LogP contribution is 2.30. The second-order valence-electron chi connectivity index (χ2n) is 6.01. The van der Waals surface area contributed by atoms with Crippen LogP contribution in [0.4, 0.5) is 10.5 Å². The number of ether oxygens (including phenoxy) is 1. The average Bonchev–Trinajstić information content (AvgIpc) is 3.11. The smallest absolute Gasteiger partial charge is 0.321 e. The summed E-state index contributed by atoms with van der Waals surface area (Å²) in [5.74, 6) is 0. The van der Waals surface area contributed by atoms with Crippen LogP contribution in [-0.2, 0) is 14.6 Å². The molecule has 1 aliphatic carbocycles. The number of hydrogen-bond donors (Lipinski definition) is 1. The Bertz CT molecular complexity index is 645. The molecule has 3 rings (SSSR count). The minimum absolute atomic E-state index is 0.181. The molecule has 1 heterocycles. The lowest BCUT2D eigenvalue weighted by molar-refractivity contribution is 0.0564. The number of sulfone groups is 1. The Kier molecular flexibility index (Phi) is 4.87. The highest BCUT2D eigenvalue weighted by Gasteiger charge is 2.30. The lowest BCUT2D eigenvalue weighted by Gasteiger charge is -2.26. The van der Waals surface area contributed by atoms with Crippen molar-refractivity contribution in [2.24, 2.45) is 0 Å². The molecule has 0 atom stereocenters. The van der Waals surface area contributed by atoms with Crippen LogP contribution in [0.5, 0.6) is 0 Å². The highest BCUT2D eigenvalue weighted by molar-refractivity contribution is 7.92. The minimum Gasteiger partial charge on any atom is -0.378 e. The van der Waals surface area contributed by atoms with Crippen LogP contribution >= 0.6 is 0 Å². The molecule has 126 valence electrons. The number of carbonyl (C=O) groups is 1. The van der Waals surface area contributed by atoms with Gasteiger partial charge in [0.1, 0.15) is 0 Å². The minimum atomic E-state index is -3.24. The van der Waals surface area contributed by atoms with E-state index in [0.29, 0.717) is 36.9 Å². The van der Waals surface area contributed by atoms with Gasteiger partial charge in [0.25, 0.3) is 0 Å². The fraction of sp³-hybridized carbons (Fsp3) is 0.562. The number of rotatable bonds is 3. The van der Waals surface area contributed by atoms with Crippen molar-refractivity contribution in [3.05, 3.63) is 24.3 Å². The first-order chi connectivity index (χ1) is 11.1. The third kappa shape index (κ3) is 3.67. The van der Waals surface area contributed by atoms with Gasteiger partial charge in [-0.25, -0.2) is 13.2 Å². The summed E-state index contributed by atoms with van der Waals surface area (Å²) in [5.41, 5.74) is 0.604. The van der Waals surface area contributed by atoms with Gasteiger partial charge in [-0.1, -0.05) is 12.8 Å². The number of hydrogen-bond acceptors (Lipinski definition) is 4. The quantitative estimate of drug-likeness (QED) is 0.917. The Labute approximate surface area is 136 Å². The first kappa shape index (κ1) is 16.3. The number of carbonyl (C=O) groups excluding carboxylic acids is 1. The maximum absolute atomic E-state index is 12.5. The number of morpholine rings is 1. The molecule has 1 saturated heterocycles. The molecule has 0 bridgehead atoms. The van der Waals surface area contributed by atoms with Gasteiger partial charge in [-0.3, -0.25) is 0 Å². The fourth-order valence-electron chi connectivity index (χ4n) is 3.09. The Balaban J connectivity index is 1.66. The number of amides is 2. The van der Waals surface area contributed by atoms with E-state index in [1.54, 1.807) is 29.2 Å². The van der Waals surface area contributed by atoms with Crippen LogP contribution in [0.2, 0.25) is 0 Å². The number of nitrogens with one attached hydrogen (secondary N) is 1. The fourth-order valence-corrected chi connectivity index (χ4v) is 4.94. The molecule has 0 spiro atoms. The van der Waals surface area contributed by atoms with E-state index in [0.717, 1.165) is 25.7 Å². The average molecular weight is 338 g/mol. The molecule has 1 aromatic rings. The first-order valence-electron chi connectivity index (χ1n) is 8.05. The first-order valence-corrected chi connectivity index (χ1v) is 9.59. The normalized spacial score (nSPS) is 19.7. The molecular weight excluding hydrogens is 316 g/mol. The predicted octanol–water partition coefficient (Wildman–Crippen LogP) is 2.27. The van der Waals surface area contributed by atoms with Crippen molar-refractivity contribution in [3.63, 3.8) is 0 Å². The molecule has 23 heavy (non-hydrogen) atoms. The van der Waals surface area contributed by atoms with Gasteiger partial charge in [0, 0.05) is 18.8 Å². The van der Waals surface area contributed by atoms with E-state index in [1.807, 2.05) is 0 Å². The Morgan fingerprint density at radius 3 is 2.30 bits per heavy atom. The molecule has 2 fully saturated rings. The second-order valence-corrected chi connectivity index (χ2v) is 8.23. The van der Waals surface area contributed by atoms with E-state index >= 15 is 0 Å². The van der Waals surface area contributed by atoms with Crippen molar-refractivity contribution in [2.75, 3.05) is 31.6 Å². The van der Waals surface area contributed by atoms with Gasteiger partial charge in [0.05, 0.1) is 23.4 Å². The Morgan fingerprint density at radius 1 is 1.09 bits per heavy atom. The van der Waals surface area contributed by atoms with E-state index in [1.165, 1.54) is 0 Å². The van der Waals surface area contributed by atoms with E-state index in [-0.39, 0.29) is 11.3 Å². The van der Waals surface area contributed by atoms with E-state index in [9.17, 15) is 13.2 Å². The third-order valence-electron chi connectivity index (χ3n) is 4.47. The zero-order chi connectivity index (χ0) is 16.3. The predicted molar refractivity (Wildman–Crippen MR) is 87.3 cm³/mol. The second kappa shape index (κ2) is 6.88. The monoisotopic (exact) mass is 338 g/mol. The summed E-state index contributed by atoms with van der Waals surface area (Å²) in [7, 11) is -3.24. The Hall–Kier alpha value is -1.60. The topological polar surface area (TPSA) is 75.7 Å². The van der Waals surface area contributed by atoms with Gasteiger partial charge in [0.15, 0.2) is 9.84 Å². The summed E-state index contributed by atoms with van der Waals surface area (Å²) in [4.78, 5) is 14.1. The van der Waals surface area contributed by atoms with Crippen LogP contribution in [0.15, 0.2) is 29.2 Å². The largest absolute Gasteiger partial charge is 0.378 e. The maximum atomic E-state index is 12.5. The molecule has 2 aliphatic rings. The number of nitrogens with zero attached hydrogens (tertiary/aromatic N) is 1. The molecule has 0 radical (unpaired) electrons. The molecular formula is C16H22N2O4S. The molecule has 0 unspecified atom stereocenters. The standard InChI is InChI=1S/C16H22N2O4S/c19-16(18-9-11-22-12-10-18)17-13-5-7-15(8-6-13)23(20,21)14-3-1-2-4-14/h5-8,14H,1-4,9-12H2,(H,17,19). The lowest BCUT2D eigenvalue weighted by Crippen LogP contribution is -2.43. The van der Waals surface area contributed by atoms with Crippen molar-refractivity contribution in [1.29, 1.82) is 0 Å². The number of urea groups is 1. The summed E-state index contributed by atoms with van der Waals surface area (Å²) in [5, 5.41) is 2.54. The van der Waals surface area contributed by atoms with Crippen molar-refractivity contribution in [1.82, 2.24) is 4.90 Å². The third-order valence-corrected chi connectivity index (χ3v) is 6.75. The van der Waals surface area contributed by atoms with Gasteiger partial charge in [-0.05, 0) is 37.1 Å². The molecule has 6 nitrogen and oxygen atoms in total. The molecule has 0 aromatic heterocycles. The zero-order valence-electron chi connectivity index (χ0n) is 13.0. The van der Waals surface area contributed by atoms with E-state index in [4.69, 9.17) is 4.74 Å². The molecule has 1 N–H and O–H groups in total. The lowest BCUT2D eigenvalue weighted by atomic mass is 10.3. The summed E-state index contributed by atoms with van der Waals surface area (Å²) in [6.07, 6.45) is 3.46.